The van der Waals surface area contributed by atoms with Gasteiger partial charge in [-0.05, 0) is 20.3 Å². The summed E-state index contributed by atoms with van der Waals surface area (Å²) in [6, 6.07) is 2.09. The van der Waals surface area contributed by atoms with Gasteiger partial charge in [-0.3, -0.25) is 0 Å². The Bertz CT molecular complexity index is 331. The summed E-state index contributed by atoms with van der Waals surface area (Å²) in [5.41, 5.74) is 0. The predicted molar refractivity (Wildman–Crippen MR) is 62.9 cm³/mol. The molecule has 1 heterocycles. The Morgan fingerprint density at radius 2 is 2.12 bits per heavy atom. The average molecular weight is 225 g/mol. The van der Waals surface area contributed by atoms with Crippen LogP contribution in [0.2, 0.25) is 0 Å². The molecule has 0 aliphatic rings. The van der Waals surface area contributed by atoms with Crippen LogP contribution in [0.1, 0.15) is 19.2 Å². The van der Waals surface area contributed by atoms with Gasteiger partial charge in [-0.15, -0.1) is 0 Å². The summed E-state index contributed by atoms with van der Waals surface area (Å²) in [4.78, 5) is 8.41. The standard InChI is InChI=1S/C11H19N3O2/c1-8(5-6-15-3)12-10-7-11(16-4)14-9(2)13-10/h7-8H,5-6H2,1-4H3,(H,12,13,14). The second-order valence-corrected chi connectivity index (χ2v) is 3.67. The minimum absolute atomic E-state index is 0.305. The highest BCUT2D eigenvalue weighted by molar-refractivity contribution is 5.39. The van der Waals surface area contributed by atoms with E-state index in [2.05, 4.69) is 22.2 Å². The molecule has 0 saturated carbocycles. The summed E-state index contributed by atoms with van der Waals surface area (Å²) < 4.78 is 10.1. The van der Waals surface area contributed by atoms with E-state index in [0.717, 1.165) is 18.8 Å². The quantitative estimate of drug-likeness (QED) is 0.797. The molecule has 90 valence electrons. The molecule has 0 radical (unpaired) electrons. The van der Waals surface area contributed by atoms with Crippen LogP contribution in [-0.4, -0.2) is 36.8 Å². The van der Waals surface area contributed by atoms with Crippen LogP contribution in [0.5, 0.6) is 5.88 Å². The zero-order chi connectivity index (χ0) is 12.0. The Morgan fingerprint density at radius 3 is 2.75 bits per heavy atom. The molecule has 1 N–H and O–H groups in total. The maximum absolute atomic E-state index is 5.08. The molecule has 1 aromatic rings. The number of anilines is 1. The first kappa shape index (κ1) is 12.7. The summed E-state index contributed by atoms with van der Waals surface area (Å²) >= 11 is 0. The molecule has 1 aromatic heterocycles. The van der Waals surface area contributed by atoms with E-state index in [0.29, 0.717) is 17.7 Å². The molecule has 0 bridgehead atoms. The van der Waals surface area contributed by atoms with Crippen LogP contribution in [-0.2, 0) is 4.74 Å². The molecule has 1 unspecified atom stereocenters. The van der Waals surface area contributed by atoms with Crippen molar-refractivity contribution >= 4 is 5.82 Å². The zero-order valence-corrected chi connectivity index (χ0v) is 10.3. The Balaban J connectivity index is 2.61. The third-order valence-corrected chi connectivity index (χ3v) is 2.17. The first-order chi connectivity index (χ1) is 7.65. The lowest BCUT2D eigenvalue weighted by atomic mass is 10.2. The molecule has 0 spiro atoms. The molecule has 16 heavy (non-hydrogen) atoms. The zero-order valence-electron chi connectivity index (χ0n) is 10.3. The van der Waals surface area contributed by atoms with E-state index in [9.17, 15) is 0 Å². The number of hydrogen-bond acceptors (Lipinski definition) is 5. The average Bonchev–Trinajstić information content (AvgIpc) is 2.25. The summed E-state index contributed by atoms with van der Waals surface area (Å²) in [7, 11) is 3.30. The monoisotopic (exact) mass is 225 g/mol. The van der Waals surface area contributed by atoms with Crippen molar-refractivity contribution in [2.24, 2.45) is 0 Å². The third kappa shape index (κ3) is 4.02. The van der Waals surface area contributed by atoms with E-state index in [4.69, 9.17) is 9.47 Å². The fourth-order valence-electron chi connectivity index (χ4n) is 1.34. The molecule has 0 saturated heterocycles. The van der Waals surface area contributed by atoms with Gasteiger partial charge in [0, 0.05) is 25.8 Å². The number of nitrogens with one attached hydrogen (secondary N) is 1. The van der Waals surface area contributed by atoms with E-state index in [-0.39, 0.29) is 0 Å². The van der Waals surface area contributed by atoms with Gasteiger partial charge < -0.3 is 14.8 Å². The van der Waals surface area contributed by atoms with E-state index >= 15 is 0 Å². The first-order valence-corrected chi connectivity index (χ1v) is 5.31. The SMILES string of the molecule is COCCC(C)Nc1cc(OC)nc(C)n1. The smallest absolute Gasteiger partial charge is 0.218 e. The lowest BCUT2D eigenvalue weighted by Crippen LogP contribution is -2.18. The molecule has 0 aliphatic carbocycles. The number of hydrogen-bond donors (Lipinski definition) is 1. The maximum Gasteiger partial charge on any atom is 0.218 e. The van der Waals surface area contributed by atoms with Crippen LogP contribution in [0, 0.1) is 6.92 Å². The van der Waals surface area contributed by atoms with Crippen molar-refractivity contribution in [1.29, 1.82) is 0 Å². The fraction of sp³-hybridized carbons (Fsp3) is 0.636. The topological polar surface area (TPSA) is 56.3 Å². The molecule has 0 aromatic carbocycles. The lowest BCUT2D eigenvalue weighted by Gasteiger charge is -2.14. The predicted octanol–water partition coefficient (Wildman–Crippen LogP) is 1.63. The van der Waals surface area contributed by atoms with Crippen molar-refractivity contribution in [3.63, 3.8) is 0 Å². The van der Waals surface area contributed by atoms with Gasteiger partial charge >= 0.3 is 0 Å². The van der Waals surface area contributed by atoms with Gasteiger partial charge in [-0.2, -0.15) is 4.98 Å². The number of methoxy groups -OCH3 is 2. The van der Waals surface area contributed by atoms with E-state index in [1.165, 1.54) is 0 Å². The van der Waals surface area contributed by atoms with Gasteiger partial charge in [0.2, 0.25) is 5.88 Å². The third-order valence-electron chi connectivity index (χ3n) is 2.17. The second-order valence-electron chi connectivity index (χ2n) is 3.67. The Kier molecular flexibility index (Phi) is 4.98. The molecule has 0 fully saturated rings. The molecule has 0 aliphatic heterocycles. The van der Waals surface area contributed by atoms with Crippen molar-refractivity contribution in [3.05, 3.63) is 11.9 Å². The van der Waals surface area contributed by atoms with E-state index < -0.39 is 0 Å². The normalized spacial score (nSPS) is 12.2. The van der Waals surface area contributed by atoms with E-state index in [1.54, 1.807) is 20.3 Å². The van der Waals surface area contributed by atoms with E-state index in [1.807, 2.05) is 6.92 Å². The summed E-state index contributed by atoms with van der Waals surface area (Å²) in [5, 5.41) is 3.28. The van der Waals surface area contributed by atoms with Crippen LogP contribution in [0.4, 0.5) is 5.82 Å². The Labute approximate surface area is 96.2 Å². The molecule has 1 atom stereocenters. The molecular weight excluding hydrogens is 206 g/mol. The van der Waals surface area contributed by atoms with Crippen LogP contribution in [0.3, 0.4) is 0 Å². The largest absolute Gasteiger partial charge is 0.481 e. The van der Waals surface area contributed by atoms with Gasteiger partial charge in [0.1, 0.15) is 11.6 Å². The minimum Gasteiger partial charge on any atom is -0.481 e. The Morgan fingerprint density at radius 1 is 1.38 bits per heavy atom. The summed E-state index contributed by atoms with van der Waals surface area (Å²) in [6.45, 7) is 4.66. The maximum atomic E-state index is 5.08. The van der Waals surface area contributed by atoms with Gasteiger partial charge in [-0.25, -0.2) is 4.98 Å². The van der Waals surface area contributed by atoms with Crippen molar-refractivity contribution in [2.75, 3.05) is 26.1 Å². The molecule has 5 nitrogen and oxygen atoms in total. The number of rotatable bonds is 6. The number of aryl methyl sites for hydroxylation is 1. The van der Waals surface area contributed by atoms with Gasteiger partial charge in [0.15, 0.2) is 0 Å². The first-order valence-electron chi connectivity index (χ1n) is 5.31. The second kappa shape index (κ2) is 6.27. The summed E-state index contributed by atoms with van der Waals surface area (Å²) in [6.07, 6.45) is 0.932. The van der Waals surface area contributed by atoms with Crippen LogP contribution < -0.4 is 10.1 Å². The fourth-order valence-corrected chi connectivity index (χ4v) is 1.34. The van der Waals surface area contributed by atoms with Gasteiger partial charge in [0.25, 0.3) is 0 Å². The van der Waals surface area contributed by atoms with Crippen molar-refractivity contribution < 1.29 is 9.47 Å². The van der Waals surface area contributed by atoms with Gasteiger partial charge in [0.05, 0.1) is 7.11 Å². The van der Waals surface area contributed by atoms with Crippen LogP contribution in [0.15, 0.2) is 6.07 Å². The number of aromatic nitrogens is 2. The molecule has 1 rings (SSSR count). The highest BCUT2D eigenvalue weighted by atomic mass is 16.5. The van der Waals surface area contributed by atoms with Crippen molar-refractivity contribution in [1.82, 2.24) is 9.97 Å². The van der Waals surface area contributed by atoms with Crippen molar-refractivity contribution in [2.45, 2.75) is 26.3 Å². The highest BCUT2D eigenvalue weighted by Gasteiger charge is 2.05. The highest BCUT2D eigenvalue weighted by Crippen LogP contribution is 2.14. The molecule has 5 heteroatoms. The molecule has 0 amide bonds. The van der Waals surface area contributed by atoms with Crippen LogP contribution in [0.25, 0.3) is 0 Å². The van der Waals surface area contributed by atoms with Gasteiger partial charge in [-0.1, -0.05) is 0 Å². The number of nitrogens with zero attached hydrogens (tertiary/aromatic N) is 2. The van der Waals surface area contributed by atoms with Crippen molar-refractivity contribution in [3.8, 4) is 5.88 Å². The summed E-state index contributed by atoms with van der Waals surface area (Å²) in [5.74, 6) is 2.06. The van der Waals surface area contributed by atoms with Crippen LogP contribution >= 0.6 is 0 Å². The lowest BCUT2D eigenvalue weighted by molar-refractivity contribution is 0.191. The Hall–Kier alpha value is -1.36. The number of ether oxygens (including phenoxy) is 2. The minimum atomic E-state index is 0.305. The molecular formula is C11H19N3O2.